The summed E-state index contributed by atoms with van der Waals surface area (Å²) in [5, 5.41) is 4.60. The maximum Gasteiger partial charge on any atom is 0.255 e. The Morgan fingerprint density at radius 2 is 2.06 bits per heavy atom. The minimum atomic E-state index is 0.263. The van der Waals surface area contributed by atoms with Crippen LogP contribution in [-0.4, -0.2) is 24.6 Å². The molecule has 3 heterocycles. The maximum absolute atomic E-state index is 6.27. The summed E-state index contributed by atoms with van der Waals surface area (Å²) in [5.74, 6) is 0.362. The zero-order valence-electron chi connectivity index (χ0n) is 9.30. The molecule has 3 aromatic heterocycles. The molecule has 0 atom stereocenters. The Kier molecular flexibility index (Phi) is 2.65. The fraction of sp³-hybridized carbons (Fsp3) is 0.0909. The number of pyridine rings is 1. The van der Waals surface area contributed by atoms with Gasteiger partial charge in [0.25, 0.3) is 5.78 Å². The van der Waals surface area contributed by atoms with Crippen molar-refractivity contribution in [2.24, 2.45) is 0 Å². The summed E-state index contributed by atoms with van der Waals surface area (Å²) in [7, 11) is 0. The molecule has 3 rings (SSSR count). The zero-order valence-corrected chi connectivity index (χ0v) is 10.8. The van der Waals surface area contributed by atoms with Crippen molar-refractivity contribution >= 4 is 29.0 Å². The summed E-state index contributed by atoms with van der Waals surface area (Å²) in [6, 6.07) is 3.78. The van der Waals surface area contributed by atoms with Gasteiger partial charge in [0, 0.05) is 6.20 Å². The van der Waals surface area contributed by atoms with Crippen molar-refractivity contribution in [3.63, 3.8) is 0 Å². The van der Waals surface area contributed by atoms with Crippen molar-refractivity contribution in [2.45, 2.75) is 6.92 Å². The Labute approximate surface area is 112 Å². The second-order valence-electron chi connectivity index (χ2n) is 3.76. The lowest BCUT2D eigenvalue weighted by atomic mass is 10.2. The molecule has 0 aromatic carbocycles. The molecule has 0 spiro atoms. The highest BCUT2D eigenvalue weighted by atomic mass is 35.5. The first-order valence-electron chi connectivity index (χ1n) is 5.14. The van der Waals surface area contributed by atoms with Gasteiger partial charge in [0.15, 0.2) is 0 Å². The lowest BCUT2D eigenvalue weighted by molar-refractivity contribution is 0.940. The van der Waals surface area contributed by atoms with E-state index in [-0.39, 0.29) is 5.15 Å². The highest BCUT2D eigenvalue weighted by Gasteiger charge is 2.16. The van der Waals surface area contributed by atoms with Gasteiger partial charge in [-0.25, -0.2) is 0 Å². The molecule has 0 saturated carbocycles. The number of halogens is 2. The summed E-state index contributed by atoms with van der Waals surface area (Å²) >= 11 is 12.4. The topological polar surface area (TPSA) is 56.0 Å². The highest BCUT2D eigenvalue weighted by Crippen LogP contribution is 2.32. The van der Waals surface area contributed by atoms with Gasteiger partial charge in [-0.3, -0.25) is 4.98 Å². The standard InChI is InChI=1S/C11H7Cl2N5/c1-6-2-3-14-7(4-6)8-9(12)17-11-15-5-16-18(11)10(8)13/h2-5H,1H3. The summed E-state index contributed by atoms with van der Waals surface area (Å²) < 4.78 is 1.42. The number of aromatic nitrogens is 5. The van der Waals surface area contributed by atoms with E-state index in [1.165, 1.54) is 10.8 Å². The quantitative estimate of drug-likeness (QED) is 0.643. The summed E-state index contributed by atoms with van der Waals surface area (Å²) in [5.41, 5.74) is 2.28. The van der Waals surface area contributed by atoms with Crippen LogP contribution in [-0.2, 0) is 0 Å². The SMILES string of the molecule is Cc1ccnc(-c2c(Cl)nc3ncnn3c2Cl)c1. The third kappa shape index (κ3) is 1.72. The molecule has 0 saturated heterocycles. The van der Waals surface area contributed by atoms with Crippen molar-refractivity contribution < 1.29 is 0 Å². The molecular formula is C11H7Cl2N5. The molecule has 5 nitrogen and oxygen atoms in total. The lowest BCUT2D eigenvalue weighted by Crippen LogP contribution is -1.98. The number of hydrogen-bond acceptors (Lipinski definition) is 4. The van der Waals surface area contributed by atoms with Gasteiger partial charge >= 0.3 is 0 Å². The summed E-state index contributed by atoms with van der Waals surface area (Å²) in [6.45, 7) is 1.97. The van der Waals surface area contributed by atoms with E-state index in [0.717, 1.165) is 5.56 Å². The minimum absolute atomic E-state index is 0.263. The predicted molar refractivity (Wildman–Crippen MR) is 68.8 cm³/mol. The molecule has 7 heteroatoms. The van der Waals surface area contributed by atoms with Gasteiger partial charge in [-0.1, -0.05) is 23.2 Å². The molecule has 0 aliphatic carbocycles. The predicted octanol–water partition coefficient (Wildman–Crippen LogP) is 2.80. The van der Waals surface area contributed by atoms with Gasteiger partial charge < -0.3 is 0 Å². The number of fused-ring (bicyclic) bond motifs is 1. The molecule has 0 unspecified atom stereocenters. The Balaban J connectivity index is 2.34. The van der Waals surface area contributed by atoms with Crippen LogP contribution in [0.25, 0.3) is 17.0 Å². The fourth-order valence-electron chi connectivity index (χ4n) is 1.67. The monoisotopic (exact) mass is 279 g/mol. The van der Waals surface area contributed by atoms with Crippen molar-refractivity contribution in [3.05, 3.63) is 40.5 Å². The Morgan fingerprint density at radius 3 is 2.83 bits per heavy atom. The van der Waals surface area contributed by atoms with Gasteiger partial charge in [-0.15, -0.1) is 0 Å². The van der Waals surface area contributed by atoms with Crippen molar-refractivity contribution in [1.29, 1.82) is 0 Å². The smallest absolute Gasteiger partial charge is 0.255 e. The van der Waals surface area contributed by atoms with Gasteiger partial charge in [-0.2, -0.15) is 19.6 Å². The first-order valence-corrected chi connectivity index (χ1v) is 5.90. The molecule has 0 radical (unpaired) electrons. The average Bonchev–Trinajstić information content (AvgIpc) is 2.77. The molecule has 0 fully saturated rings. The molecule has 90 valence electrons. The van der Waals surface area contributed by atoms with Gasteiger partial charge in [0.1, 0.15) is 16.6 Å². The zero-order chi connectivity index (χ0) is 12.7. The van der Waals surface area contributed by atoms with Crippen LogP contribution < -0.4 is 0 Å². The second kappa shape index (κ2) is 4.19. The molecular weight excluding hydrogens is 273 g/mol. The largest absolute Gasteiger partial charge is 0.256 e. The maximum atomic E-state index is 6.27. The van der Waals surface area contributed by atoms with Crippen molar-refractivity contribution in [2.75, 3.05) is 0 Å². The van der Waals surface area contributed by atoms with Crippen LogP contribution in [0.5, 0.6) is 0 Å². The second-order valence-corrected chi connectivity index (χ2v) is 4.47. The fourth-order valence-corrected chi connectivity index (χ4v) is 2.28. The van der Waals surface area contributed by atoms with E-state index in [2.05, 4.69) is 20.1 Å². The van der Waals surface area contributed by atoms with Crippen LogP contribution in [0.2, 0.25) is 10.3 Å². The van der Waals surface area contributed by atoms with Crippen molar-refractivity contribution in [3.8, 4) is 11.3 Å². The Bertz CT molecular complexity index is 737. The van der Waals surface area contributed by atoms with Crippen LogP contribution in [0.3, 0.4) is 0 Å². The van der Waals surface area contributed by atoms with E-state index < -0.39 is 0 Å². The first kappa shape index (κ1) is 11.4. The molecule has 0 amide bonds. The Morgan fingerprint density at radius 1 is 1.22 bits per heavy atom. The average molecular weight is 280 g/mol. The van der Waals surface area contributed by atoms with E-state index in [1.54, 1.807) is 6.20 Å². The highest BCUT2D eigenvalue weighted by molar-refractivity contribution is 6.37. The minimum Gasteiger partial charge on any atom is -0.256 e. The molecule has 0 bridgehead atoms. The van der Waals surface area contributed by atoms with E-state index in [4.69, 9.17) is 23.2 Å². The van der Waals surface area contributed by atoms with E-state index in [1.807, 2.05) is 19.1 Å². The molecule has 0 aliphatic rings. The third-order valence-corrected chi connectivity index (χ3v) is 3.12. The summed E-state index contributed by atoms with van der Waals surface area (Å²) in [4.78, 5) is 12.3. The first-order chi connectivity index (χ1) is 8.66. The lowest BCUT2D eigenvalue weighted by Gasteiger charge is -2.07. The van der Waals surface area contributed by atoms with Crippen LogP contribution in [0, 0.1) is 6.92 Å². The van der Waals surface area contributed by atoms with Crippen molar-refractivity contribution in [1.82, 2.24) is 24.6 Å². The van der Waals surface area contributed by atoms with E-state index in [0.29, 0.717) is 22.2 Å². The van der Waals surface area contributed by atoms with Gasteiger partial charge in [0.05, 0.1) is 11.3 Å². The van der Waals surface area contributed by atoms with Crippen LogP contribution in [0.4, 0.5) is 0 Å². The third-order valence-electron chi connectivity index (χ3n) is 2.50. The Hall–Kier alpha value is -1.72. The molecule has 0 aliphatic heterocycles. The number of hydrogen-bond donors (Lipinski definition) is 0. The normalized spacial score (nSPS) is 11.1. The molecule has 3 aromatic rings. The van der Waals surface area contributed by atoms with Crippen LogP contribution >= 0.6 is 23.2 Å². The van der Waals surface area contributed by atoms with Crippen LogP contribution in [0.1, 0.15) is 5.56 Å². The van der Waals surface area contributed by atoms with Crippen LogP contribution in [0.15, 0.2) is 24.7 Å². The summed E-state index contributed by atoms with van der Waals surface area (Å²) in [6.07, 6.45) is 3.07. The number of nitrogens with zero attached hydrogens (tertiary/aromatic N) is 5. The number of rotatable bonds is 1. The molecule has 0 N–H and O–H groups in total. The molecule has 18 heavy (non-hydrogen) atoms. The van der Waals surface area contributed by atoms with Gasteiger partial charge in [-0.05, 0) is 24.6 Å². The number of aryl methyl sites for hydroxylation is 1. The van der Waals surface area contributed by atoms with E-state index in [9.17, 15) is 0 Å². The van der Waals surface area contributed by atoms with Gasteiger partial charge in [0.2, 0.25) is 0 Å². The van der Waals surface area contributed by atoms with E-state index >= 15 is 0 Å².